The summed E-state index contributed by atoms with van der Waals surface area (Å²) in [6.45, 7) is 0. The van der Waals surface area contributed by atoms with Gasteiger partial charge in [-0.05, 0) is 25.2 Å². The maximum Gasteiger partial charge on any atom is 0.0779 e. The zero-order valence-corrected chi connectivity index (χ0v) is 9.02. The molecule has 0 aromatic rings. The Labute approximate surface area is 94.7 Å². The standard InChI is InChI=1S/C10H16BNS.CH4/c1-12-9-4-2-3-8(11)7(9)5-6-10(12)13;/h7-9H,2-6H2,1H3;1H4. The summed E-state index contributed by atoms with van der Waals surface area (Å²) < 4.78 is 0. The Morgan fingerprint density at radius 3 is 2.79 bits per heavy atom. The SMILES string of the molecule is C.[B]C1CCCC2C1CCC(=S)N2C. The lowest BCUT2D eigenvalue weighted by Crippen LogP contribution is -2.48. The van der Waals surface area contributed by atoms with E-state index >= 15 is 0 Å². The normalized spacial score (nSPS) is 37.4. The Morgan fingerprint density at radius 1 is 1.36 bits per heavy atom. The average Bonchev–Trinajstić information content (AvgIpc) is 2.12. The molecule has 0 aromatic heterocycles. The summed E-state index contributed by atoms with van der Waals surface area (Å²) in [7, 11) is 8.26. The predicted octanol–water partition coefficient (Wildman–Crippen LogP) is 2.80. The van der Waals surface area contributed by atoms with Crippen molar-refractivity contribution in [2.45, 2.75) is 51.4 Å². The van der Waals surface area contributed by atoms with E-state index < -0.39 is 0 Å². The third-order valence-electron chi connectivity index (χ3n) is 3.66. The summed E-state index contributed by atoms with van der Waals surface area (Å²) >= 11 is 5.32. The van der Waals surface area contributed by atoms with E-state index in [0.29, 0.717) is 17.8 Å². The second-order valence-electron chi connectivity index (χ2n) is 4.37. The lowest BCUT2D eigenvalue weighted by Gasteiger charge is -2.46. The van der Waals surface area contributed by atoms with Crippen LogP contribution in [0, 0.1) is 5.92 Å². The Kier molecular flexibility index (Phi) is 3.99. The third kappa shape index (κ3) is 1.97. The number of fused-ring (bicyclic) bond motifs is 1. The van der Waals surface area contributed by atoms with Crippen LogP contribution in [0.3, 0.4) is 0 Å². The van der Waals surface area contributed by atoms with Crippen molar-refractivity contribution >= 4 is 25.1 Å². The van der Waals surface area contributed by atoms with E-state index in [9.17, 15) is 0 Å². The molecule has 0 spiro atoms. The Balaban J connectivity index is 0.000000980. The van der Waals surface area contributed by atoms with Crippen LogP contribution in [-0.2, 0) is 0 Å². The van der Waals surface area contributed by atoms with E-state index in [1.165, 1.54) is 25.7 Å². The zero-order chi connectivity index (χ0) is 9.42. The van der Waals surface area contributed by atoms with E-state index in [1.807, 2.05) is 0 Å². The van der Waals surface area contributed by atoms with Gasteiger partial charge < -0.3 is 4.90 Å². The molecule has 2 fully saturated rings. The van der Waals surface area contributed by atoms with Gasteiger partial charge in [-0.15, -0.1) is 0 Å². The van der Waals surface area contributed by atoms with Crippen molar-refractivity contribution in [3.63, 3.8) is 0 Å². The number of piperidine rings is 1. The number of likely N-dealkylation sites (tertiary alicyclic amines) is 1. The number of rotatable bonds is 0. The fourth-order valence-electron chi connectivity index (χ4n) is 2.81. The maximum absolute atomic E-state index is 6.13. The molecule has 0 N–H and O–H groups in total. The molecule has 1 heterocycles. The van der Waals surface area contributed by atoms with Crippen molar-refractivity contribution in [3.05, 3.63) is 0 Å². The van der Waals surface area contributed by atoms with Gasteiger partial charge in [0.05, 0.1) is 12.8 Å². The first-order valence-corrected chi connectivity index (χ1v) is 5.62. The molecule has 1 saturated heterocycles. The fourth-order valence-corrected chi connectivity index (χ4v) is 3.07. The van der Waals surface area contributed by atoms with Crippen molar-refractivity contribution in [1.82, 2.24) is 4.90 Å². The minimum atomic E-state index is 0. The first-order valence-electron chi connectivity index (χ1n) is 5.21. The molecule has 1 nitrogen and oxygen atoms in total. The van der Waals surface area contributed by atoms with Crippen LogP contribution in [0.15, 0.2) is 0 Å². The number of nitrogens with zero attached hydrogens (tertiary/aromatic N) is 1. The molecule has 1 aliphatic heterocycles. The average molecular weight is 209 g/mol. The van der Waals surface area contributed by atoms with E-state index in [2.05, 4.69) is 11.9 Å². The smallest absolute Gasteiger partial charge is 0.0779 e. The van der Waals surface area contributed by atoms with E-state index in [1.54, 1.807) is 0 Å². The van der Waals surface area contributed by atoms with Crippen LogP contribution in [0.1, 0.15) is 39.5 Å². The highest BCUT2D eigenvalue weighted by molar-refractivity contribution is 7.80. The molecule has 78 valence electrons. The summed E-state index contributed by atoms with van der Waals surface area (Å²) in [6.07, 6.45) is 6.06. The number of thiocarbonyl (C=S) groups is 1. The molecule has 3 heteroatoms. The monoisotopic (exact) mass is 209 g/mol. The van der Waals surface area contributed by atoms with Crippen LogP contribution >= 0.6 is 12.2 Å². The molecule has 2 radical (unpaired) electrons. The highest BCUT2D eigenvalue weighted by atomic mass is 32.1. The second kappa shape index (κ2) is 4.65. The van der Waals surface area contributed by atoms with E-state index in [-0.39, 0.29) is 7.43 Å². The van der Waals surface area contributed by atoms with Crippen molar-refractivity contribution in [3.8, 4) is 0 Å². The zero-order valence-electron chi connectivity index (χ0n) is 8.20. The molecule has 1 aliphatic carbocycles. The molecule has 2 rings (SSSR count). The first kappa shape index (κ1) is 12.0. The molecular weight excluding hydrogens is 189 g/mol. The maximum atomic E-state index is 6.13. The topological polar surface area (TPSA) is 3.24 Å². The van der Waals surface area contributed by atoms with Gasteiger partial charge in [0.1, 0.15) is 0 Å². The van der Waals surface area contributed by atoms with Crippen LogP contribution < -0.4 is 0 Å². The van der Waals surface area contributed by atoms with Gasteiger partial charge in [0, 0.05) is 13.1 Å². The van der Waals surface area contributed by atoms with Crippen molar-refractivity contribution in [2.24, 2.45) is 5.92 Å². The predicted molar refractivity (Wildman–Crippen MR) is 67.0 cm³/mol. The molecule has 3 unspecified atom stereocenters. The first-order chi connectivity index (χ1) is 6.20. The molecule has 2 aliphatic rings. The lowest BCUT2D eigenvalue weighted by molar-refractivity contribution is 0.164. The molecule has 14 heavy (non-hydrogen) atoms. The van der Waals surface area contributed by atoms with Crippen LogP contribution in [-0.4, -0.2) is 30.8 Å². The minimum Gasteiger partial charge on any atom is -0.366 e. The Bertz CT molecular complexity index is 219. The van der Waals surface area contributed by atoms with Crippen molar-refractivity contribution < 1.29 is 0 Å². The third-order valence-corrected chi connectivity index (χ3v) is 4.16. The summed E-state index contributed by atoms with van der Waals surface area (Å²) in [5, 5.41) is 0. The highest BCUT2D eigenvalue weighted by Gasteiger charge is 2.36. The largest absolute Gasteiger partial charge is 0.366 e. The van der Waals surface area contributed by atoms with Crippen molar-refractivity contribution in [1.29, 1.82) is 0 Å². The van der Waals surface area contributed by atoms with Gasteiger partial charge in [-0.3, -0.25) is 0 Å². The van der Waals surface area contributed by atoms with E-state index in [4.69, 9.17) is 20.1 Å². The lowest BCUT2D eigenvalue weighted by atomic mass is 9.63. The van der Waals surface area contributed by atoms with E-state index in [0.717, 1.165) is 11.4 Å². The van der Waals surface area contributed by atoms with Crippen LogP contribution in [0.25, 0.3) is 0 Å². The minimum absolute atomic E-state index is 0. The van der Waals surface area contributed by atoms with Gasteiger partial charge in [-0.25, -0.2) is 0 Å². The molecular formula is C11H20BNS. The highest BCUT2D eigenvalue weighted by Crippen LogP contribution is 2.40. The molecule has 0 amide bonds. The molecule has 1 saturated carbocycles. The van der Waals surface area contributed by atoms with Crippen LogP contribution in [0.5, 0.6) is 0 Å². The Morgan fingerprint density at radius 2 is 2.07 bits per heavy atom. The summed E-state index contributed by atoms with van der Waals surface area (Å²) in [6, 6.07) is 0.644. The van der Waals surface area contributed by atoms with Crippen LogP contribution in [0.4, 0.5) is 0 Å². The molecule has 0 bridgehead atoms. The Hall–Kier alpha value is -0.0451. The summed E-state index contributed by atoms with van der Waals surface area (Å²) in [4.78, 5) is 3.43. The van der Waals surface area contributed by atoms with Gasteiger partial charge in [0.15, 0.2) is 0 Å². The van der Waals surface area contributed by atoms with Crippen LogP contribution in [0.2, 0.25) is 5.82 Å². The quantitative estimate of drug-likeness (QED) is 0.445. The fraction of sp³-hybridized carbons (Fsp3) is 0.909. The molecule has 3 atom stereocenters. The van der Waals surface area contributed by atoms with Gasteiger partial charge in [-0.2, -0.15) is 0 Å². The van der Waals surface area contributed by atoms with Gasteiger partial charge in [-0.1, -0.05) is 38.3 Å². The second-order valence-corrected chi connectivity index (χ2v) is 4.84. The number of hydrogen-bond acceptors (Lipinski definition) is 1. The van der Waals surface area contributed by atoms with Crippen molar-refractivity contribution in [2.75, 3.05) is 7.05 Å². The number of hydrogen-bond donors (Lipinski definition) is 0. The summed E-state index contributed by atoms with van der Waals surface area (Å²) in [5.41, 5.74) is 0. The molecule has 0 aromatic carbocycles. The van der Waals surface area contributed by atoms with Gasteiger partial charge in [0.2, 0.25) is 0 Å². The van der Waals surface area contributed by atoms with Gasteiger partial charge >= 0.3 is 0 Å². The van der Waals surface area contributed by atoms with Gasteiger partial charge in [0.25, 0.3) is 0 Å². The summed E-state index contributed by atoms with van der Waals surface area (Å²) in [5.74, 6) is 1.12.